The Morgan fingerprint density at radius 2 is 1.96 bits per heavy atom. The molecule has 0 saturated heterocycles. The minimum absolute atomic E-state index is 0.137. The number of anilines is 1. The van der Waals surface area contributed by atoms with Crippen molar-refractivity contribution in [2.75, 3.05) is 23.6 Å². The minimum atomic E-state index is -3.77. The number of carbonyl (C=O) groups is 1. The van der Waals surface area contributed by atoms with Gasteiger partial charge >= 0.3 is 0 Å². The number of aliphatic hydroxyl groups excluding tert-OH is 2. The van der Waals surface area contributed by atoms with E-state index in [1.54, 1.807) is 0 Å². The number of amides is 1. The minimum Gasteiger partial charge on any atom is -0.396 e. The molecule has 0 aliphatic rings. The molecular weight excluding hydrogens is 348 g/mol. The second-order valence-electron chi connectivity index (χ2n) is 5.49. The lowest BCUT2D eigenvalue weighted by Crippen LogP contribution is -2.46. The normalized spacial score (nSPS) is 13.4. The third-order valence-corrected chi connectivity index (χ3v) is 4.36. The number of carbonyl (C=O) groups excluding carboxylic acids is 1. The Morgan fingerprint density at radius 1 is 1.39 bits per heavy atom. The van der Waals surface area contributed by atoms with Gasteiger partial charge in [-0.2, -0.15) is 0 Å². The molecule has 130 valence electrons. The fourth-order valence-electron chi connectivity index (χ4n) is 1.40. The average Bonchev–Trinajstić information content (AvgIpc) is 2.48. The van der Waals surface area contributed by atoms with Crippen molar-refractivity contribution in [3.8, 4) is 0 Å². The Bertz CT molecular complexity index is 635. The largest absolute Gasteiger partial charge is 0.396 e. The zero-order valence-corrected chi connectivity index (χ0v) is 14.2. The van der Waals surface area contributed by atoms with Crippen LogP contribution in [0.5, 0.6) is 0 Å². The number of nitrogens with zero attached hydrogens (tertiary/aromatic N) is 2. The summed E-state index contributed by atoms with van der Waals surface area (Å²) in [6.07, 6.45) is 1.02. The maximum atomic E-state index is 11.8. The molecule has 1 aromatic heterocycles. The van der Waals surface area contributed by atoms with E-state index in [2.05, 4.69) is 20.0 Å². The molecule has 0 bridgehead atoms. The standard InChI is InChI=1S/C12H19ClN4O5S/c1-12(2,7-18)9(19)10(20)14-3-4-23(21,22)17-11-15-5-8(13)6-16-11/h5-6,9,18-19H,3-4,7H2,1-2H3,(H,14,20)(H,15,16,17). The third-order valence-electron chi connectivity index (χ3n) is 2.93. The van der Waals surface area contributed by atoms with E-state index < -0.39 is 39.8 Å². The first-order valence-corrected chi connectivity index (χ1v) is 8.65. The molecule has 1 atom stereocenters. The van der Waals surface area contributed by atoms with Crippen molar-refractivity contribution < 1.29 is 23.4 Å². The maximum Gasteiger partial charge on any atom is 0.249 e. The Balaban J connectivity index is 2.51. The van der Waals surface area contributed by atoms with E-state index in [1.165, 1.54) is 26.2 Å². The van der Waals surface area contributed by atoms with Crippen LogP contribution in [0.15, 0.2) is 12.4 Å². The predicted molar refractivity (Wildman–Crippen MR) is 84.3 cm³/mol. The summed E-state index contributed by atoms with van der Waals surface area (Å²) in [6, 6.07) is 0. The molecule has 1 heterocycles. The second kappa shape index (κ2) is 7.86. The van der Waals surface area contributed by atoms with Gasteiger partial charge in [-0.3, -0.25) is 9.52 Å². The molecule has 0 aromatic carbocycles. The topological polar surface area (TPSA) is 142 Å². The number of sulfonamides is 1. The van der Waals surface area contributed by atoms with E-state index in [0.29, 0.717) is 0 Å². The van der Waals surface area contributed by atoms with Gasteiger partial charge in [0.2, 0.25) is 21.9 Å². The predicted octanol–water partition coefficient (Wildman–Crippen LogP) is -0.633. The second-order valence-corrected chi connectivity index (χ2v) is 7.76. The molecule has 1 amide bonds. The smallest absolute Gasteiger partial charge is 0.249 e. The van der Waals surface area contributed by atoms with Crippen LogP contribution in [0.4, 0.5) is 5.95 Å². The van der Waals surface area contributed by atoms with Crippen LogP contribution in [0.25, 0.3) is 0 Å². The molecule has 23 heavy (non-hydrogen) atoms. The van der Waals surface area contributed by atoms with Crippen LogP contribution in [0.3, 0.4) is 0 Å². The number of aromatic nitrogens is 2. The summed E-state index contributed by atoms with van der Waals surface area (Å²) in [5.41, 5.74) is -1.03. The summed E-state index contributed by atoms with van der Waals surface area (Å²) < 4.78 is 25.8. The number of rotatable bonds is 8. The molecule has 11 heteroatoms. The summed E-state index contributed by atoms with van der Waals surface area (Å²) in [5.74, 6) is -1.33. The molecule has 0 fully saturated rings. The Morgan fingerprint density at radius 3 is 2.48 bits per heavy atom. The number of hydrogen-bond acceptors (Lipinski definition) is 7. The SMILES string of the molecule is CC(C)(CO)C(O)C(=O)NCCS(=O)(=O)Nc1ncc(Cl)cn1. The average molecular weight is 367 g/mol. The van der Waals surface area contributed by atoms with Crippen molar-refractivity contribution in [1.82, 2.24) is 15.3 Å². The monoisotopic (exact) mass is 366 g/mol. The van der Waals surface area contributed by atoms with Crippen LogP contribution in [-0.2, 0) is 14.8 Å². The number of hydrogen-bond donors (Lipinski definition) is 4. The van der Waals surface area contributed by atoms with Crippen LogP contribution in [0, 0.1) is 5.41 Å². The van der Waals surface area contributed by atoms with E-state index in [0.717, 1.165) is 0 Å². The van der Waals surface area contributed by atoms with Crippen LogP contribution in [0.1, 0.15) is 13.8 Å². The number of nitrogens with one attached hydrogen (secondary N) is 2. The van der Waals surface area contributed by atoms with Gasteiger partial charge < -0.3 is 15.5 Å². The molecule has 0 spiro atoms. The van der Waals surface area contributed by atoms with Gasteiger partial charge in [0.1, 0.15) is 6.10 Å². The molecule has 1 aromatic rings. The first-order valence-electron chi connectivity index (χ1n) is 6.62. The molecule has 1 unspecified atom stereocenters. The van der Waals surface area contributed by atoms with Gasteiger partial charge in [0.15, 0.2) is 0 Å². The van der Waals surface area contributed by atoms with Crippen LogP contribution < -0.4 is 10.0 Å². The van der Waals surface area contributed by atoms with E-state index in [9.17, 15) is 18.3 Å². The van der Waals surface area contributed by atoms with E-state index in [4.69, 9.17) is 16.7 Å². The maximum absolute atomic E-state index is 11.8. The van der Waals surface area contributed by atoms with Crippen LogP contribution >= 0.6 is 11.6 Å². The van der Waals surface area contributed by atoms with Gasteiger partial charge in [0.05, 0.1) is 29.8 Å². The van der Waals surface area contributed by atoms with Gasteiger partial charge in [-0.25, -0.2) is 18.4 Å². The lowest BCUT2D eigenvalue weighted by atomic mass is 9.87. The van der Waals surface area contributed by atoms with Crippen molar-refractivity contribution in [1.29, 1.82) is 0 Å². The highest BCUT2D eigenvalue weighted by molar-refractivity contribution is 7.92. The van der Waals surface area contributed by atoms with Crippen molar-refractivity contribution >= 4 is 33.5 Å². The van der Waals surface area contributed by atoms with Gasteiger partial charge in [-0.05, 0) is 0 Å². The zero-order chi connectivity index (χ0) is 17.7. The lowest BCUT2D eigenvalue weighted by molar-refractivity contribution is -0.136. The van der Waals surface area contributed by atoms with Gasteiger partial charge in [-0.15, -0.1) is 0 Å². The fourth-order valence-corrected chi connectivity index (χ4v) is 2.36. The lowest BCUT2D eigenvalue weighted by Gasteiger charge is -2.27. The summed E-state index contributed by atoms with van der Waals surface area (Å²) >= 11 is 5.59. The quantitative estimate of drug-likeness (QED) is 0.479. The van der Waals surface area contributed by atoms with Gasteiger partial charge in [0.25, 0.3) is 0 Å². The molecule has 0 aliphatic heterocycles. The summed E-state index contributed by atoms with van der Waals surface area (Å²) in [4.78, 5) is 19.1. The van der Waals surface area contributed by atoms with Crippen molar-refractivity contribution in [3.05, 3.63) is 17.4 Å². The highest BCUT2D eigenvalue weighted by Gasteiger charge is 2.32. The number of halogens is 1. The fraction of sp³-hybridized carbons (Fsp3) is 0.583. The number of aliphatic hydroxyl groups is 2. The molecule has 0 aliphatic carbocycles. The Labute approximate surface area is 139 Å². The molecule has 1 rings (SSSR count). The molecule has 0 saturated carbocycles. The third kappa shape index (κ3) is 6.26. The zero-order valence-electron chi connectivity index (χ0n) is 12.7. The van der Waals surface area contributed by atoms with E-state index in [1.807, 2.05) is 0 Å². The Kier molecular flexibility index (Phi) is 6.69. The molecule has 0 radical (unpaired) electrons. The summed E-state index contributed by atoms with van der Waals surface area (Å²) in [5, 5.41) is 21.4. The van der Waals surface area contributed by atoms with Crippen molar-refractivity contribution in [2.24, 2.45) is 5.41 Å². The first-order chi connectivity index (χ1) is 10.6. The van der Waals surface area contributed by atoms with Crippen LogP contribution in [0.2, 0.25) is 5.02 Å². The van der Waals surface area contributed by atoms with E-state index in [-0.39, 0.29) is 17.5 Å². The van der Waals surface area contributed by atoms with Gasteiger partial charge in [0, 0.05) is 12.0 Å². The summed E-state index contributed by atoms with van der Waals surface area (Å²) in [7, 11) is -3.77. The van der Waals surface area contributed by atoms with Crippen LogP contribution in [-0.4, -0.2) is 59.5 Å². The van der Waals surface area contributed by atoms with E-state index >= 15 is 0 Å². The molecule has 9 nitrogen and oxygen atoms in total. The first kappa shape index (κ1) is 19.6. The highest BCUT2D eigenvalue weighted by atomic mass is 35.5. The highest BCUT2D eigenvalue weighted by Crippen LogP contribution is 2.19. The van der Waals surface area contributed by atoms with Crippen molar-refractivity contribution in [3.63, 3.8) is 0 Å². The molecular formula is C12H19ClN4O5S. The Hall–Kier alpha value is -1.49. The summed E-state index contributed by atoms with van der Waals surface area (Å²) in [6.45, 7) is 2.40. The van der Waals surface area contributed by atoms with Gasteiger partial charge in [-0.1, -0.05) is 25.4 Å². The van der Waals surface area contributed by atoms with Crippen molar-refractivity contribution in [2.45, 2.75) is 20.0 Å². The molecule has 4 N–H and O–H groups in total.